The minimum atomic E-state index is -0.344. The maximum Gasteiger partial charge on any atom is 0.291 e. The van der Waals surface area contributed by atoms with Crippen molar-refractivity contribution in [1.82, 2.24) is 4.90 Å². The van der Waals surface area contributed by atoms with Gasteiger partial charge >= 0.3 is 0 Å². The molecule has 0 saturated carbocycles. The lowest BCUT2D eigenvalue weighted by atomic mass is 10.1. The summed E-state index contributed by atoms with van der Waals surface area (Å²) in [5.41, 5.74) is 4.40. The van der Waals surface area contributed by atoms with Gasteiger partial charge < -0.3 is 19.5 Å². The van der Waals surface area contributed by atoms with Crippen molar-refractivity contribution in [2.75, 3.05) is 36.4 Å². The van der Waals surface area contributed by atoms with Crippen LogP contribution >= 0.6 is 23.2 Å². The summed E-state index contributed by atoms with van der Waals surface area (Å²) in [6.07, 6.45) is 0.958. The van der Waals surface area contributed by atoms with E-state index in [0.29, 0.717) is 34.6 Å². The van der Waals surface area contributed by atoms with Gasteiger partial charge in [-0.3, -0.25) is 9.59 Å². The van der Waals surface area contributed by atoms with E-state index in [1.165, 1.54) is 5.56 Å². The van der Waals surface area contributed by atoms with Crippen LogP contribution in [0.4, 0.5) is 11.4 Å². The zero-order chi connectivity index (χ0) is 26.6. The number of amides is 2. The van der Waals surface area contributed by atoms with Crippen LogP contribution in [0.3, 0.4) is 0 Å². The number of hydrogen-bond donors (Lipinski definition) is 1. The largest absolute Gasteiger partial charge is 0.451 e. The molecule has 0 bridgehead atoms. The molecule has 38 heavy (non-hydrogen) atoms. The first kappa shape index (κ1) is 25.9. The summed E-state index contributed by atoms with van der Waals surface area (Å²) in [5, 5.41) is 3.74. The molecule has 1 aliphatic rings. The number of hydrogen-bond acceptors (Lipinski definition) is 4. The molecule has 0 aliphatic carbocycles. The van der Waals surface area contributed by atoms with Crippen molar-refractivity contribution in [2.24, 2.45) is 0 Å². The molecule has 1 fully saturated rings. The van der Waals surface area contributed by atoms with Crippen molar-refractivity contribution in [2.45, 2.75) is 13.3 Å². The fourth-order valence-electron chi connectivity index (χ4n) is 4.45. The number of halogens is 2. The van der Waals surface area contributed by atoms with Crippen molar-refractivity contribution in [3.63, 3.8) is 0 Å². The number of benzene rings is 3. The molecule has 6 nitrogen and oxygen atoms in total. The summed E-state index contributed by atoms with van der Waals surface area (Å²) in [5.74, 6) is 0.452. The zero-order valence-electron chi connectivity index (χ0n) is 20.9. The van der Waals surface area contributed by atoms with Crippen LogP contribution in [0.1, 0.15) is 33.4 Å². The Morgan fingerprint density at radius 1 is 0.842 bits per heavy atom. The fourth-order valence-corrected chi connectivity index (χ4v) is 4.74. The summed E-state index contributed by atoms with van der Waals surface area (Å²) in [6, 6.07) is 24.1. The van der Waals surface area contributed by atoms with Gasteiger partial charge in [-0.05, 0) is 78.7 Å². The van der Waals surface area contributed by atoms with Gasteiger partial charge in [-0.25, -0.2) is 0 Å². The van der Waals surface area contributed by atoms with E-state index in [2.05, 4.69) is 17.1 Å². The first-order chi connectivity index (χ1) is 18.4. The highest BCUT2D eigenvalue weighted by Crippen LogP contribution is 2.30. The number of nitrogens with one attached hydrogen (secondary N) is 1. The summed E-state index contributed by atoms with van der Waals surface area (Å²) in [4.78, 5) is 29.7. The molecule has 1 N–H and O–H groups in total. The second kappa shape index (κ2) is 11.3. The van der Waals surface area contributed by atoms with E-state index < -0.39 is 0 Å². The molecule has 0 atom stereocenters. The van der Waals surface area contributed by atoms with Gasteiger partial charge in [0.2, 0.25) is 0 Å². The van der Waals surface area contributed by atoms with Crippen LogP contribution < -0.4 is 10.2 Å². The fraction of sp³-hybridized carbons (Fsp3) is 0.200. The van der Waals surface area contributed by atoms with E-state index in [0.717, 1.165) is 36.3 Å². The van der Waals surface area contributed by atoms with Crippen LogP contribution in [0, 0.1) is 0 Å². The number of carbonyl (C=O) groups is 2. The highest BCUT2D eigenvalue weighted by Gasteiger charge is 2.22. The minimum Gasteiger partial charge on any atom is -0.451 e. The number of anilines is 2. The Labute approximate surface area is 231 Å². The second-order valence-corrected chi connectivity index (χ2v) is 9.94. The van der Waals surface area contributed by atoms with Crippen LogP contribution in [0.15, 0.2) is 83.3 Å². The molecule has 5 rings (SSSR count). The lowest BCUT2D eigenvalue weighted by Crippen LogP contribution is -2.48. The Morgan fingerprint density at radius 3 is 2.21 bits per heavy atom. The average molecular weight is 548 g/mol. The molecule has 3 aromatic carbocycles. The lowest BCUT2D eigenvalue weighted by Gasteiger charge is -2.36. The van der Waals surface area contributed by atoms with Crippen molar-refractivity contribution >= 4 is 46.4 Å². The molecule has 1 aromatic heterocycles. The highest BCUT2D eigenvalue weighted by atomic mass is 35.5. The number of nitrogens with zero attached hydrogens (tertiary/aromatic N) is 2. The lowest BCUT2D eigenvalue weighted by molar-refractivity contribution is 0.0746. The molecule has 0 unspecified atom stereocenters. The normalized spacial score (nSPS) is 13.4. The molecular weight excluding hydrogens is 521 g/mol. The van der Waals surface area contributed by atoms with Gasteiger partial charge in [0.05, 0.1) is 10.0 Å². The van der Waals surface area contributed by atoms with Gasteiger partial charge in [0.15, 0.2) is 5.76 Å². The van der Waals surface area contributed by atoms with Gasteiger partial charge in [-0.1, -0.05) is 42.3 Å². The maximum atomic E-state index is 12.9. The third kappa shape index (κ3) is 5.72. The monoisotopic (exact) mass is 547 g/mol. The quantitative estimate of drug-likeness (QED) is 0.281. The average Bonchev–Trinajstić information content (AvgIpc) is 3.45. The Kier molecular flexibility index (Phi) is 7.72. The van der Waals surface area contributed by atoms with E-state index in [1.807, 2.05) is 53.4 Å². The Balaban J connectivity index is 1.16. The number of piperazine rings is 1. The maximum absolute atomic E-state index is 12.9. The van der Waals surface area contributed by atoms with Gasteiger partial charge in [0, 0.05) is 48.7 Å². The zero-order valence-corrected chi connectivity index (χ0v) is 22.4. The SMILES string of the molecule is CCc1ccc(C(=O)N2CCN(c3ccc(NC(=O)c4ccc(-c5ccc(Cl)c(Cl)c5)o4)cc3)CC2)cc1. The minimum absolute atomic E-state index is 0.0746. The molecule has 4 aromatic rings. The van der Waals surface area contributed by atoms with Crippen molar-refractivity contribution in [3.05, 3.63) is 106 Å². The van der Waals surface area contributed by atoms with E-state index in [9.17, 15) is 9.59 Å². The topological polar surface area (TPSA) is 65.8 Å². The van der Waals surface area contributed by atoms with E-state index in [-0.39, 0.29) is 17.6 Å². The number of carbonyl (C=O) groups excluding carboxylic acids is 2. The Morgan fingerprint density at radius 2 is 1.55 bits per heavy atom. The number of rotatable bonds is 6. The van der Waals surface area contributed by atoms with Gasteiger partial charge in [0.1, 0.15) is 5.76 Å². The van der Waals surface area contributed by atoms with Gasteiger partial charge in [-0.2, -0.15) is 0 Å². The first-order valence-electron chi connectivity index (χ1n) is 12.5. The van der Waals surface area contributed by atoms with E-state index in [1.54, 1.807) is 30.3 Å². The third-order valence-corrected chi connectivity index (χ3v) is 7.44. The highest BCUT2D eigenvalue weighted by molar-refractivity contribution is 6.42. The van der Waals surface area contributed by atoms with Crippen LogP contribution in [0.5, 0.6) is 0 Å². The standard InChI is InChI=1S/C30H27Cl2N3O3/c1-2-20-3-5-21(6-4-20)30(37)35-17-15-34(16-18-35)24-10-8-23(9-11-24)33-29(36)28-14-13-27(38-28)22-7-12-25(31)26(32)19-22/h3-14,19H,2,15-18H2,1H3,(H,33,36). The van der Waals surface area contributed by atoms with Crippen LogP contribution in [0.2, 0.25) is 10.0 Å². The van der Waals surface area contributed by atoms with Crippen LogP contribution in [0.25, 0.3) is 11.3 Å². The molecule has 194 valence electrons. The molecule has 0 radical (unpaired) electrons. The summed E-state index contributed by atoms with van der Waals surface area (Å²) in [7, 11) is 0. The predicted molar refractivity (Wildman–Crippen MR) is 152 cm³/mol. The van der Waals surface area contributed by atoms with Gasteiger partial charge in [-0.15, -0.1) is 0 Å². The summed E-state index contributed by atoms with van der Waals surface area (Å²) >= 11 is 12.1. The molecular formula is C30H27Cl2N3O3. The summed E-state index contributed by atoms with van der Waals surface area (Å²) < 4.78 is 5.74. The predicted octanol–water partition coefficient (Wildman–Crippen LogP) is 7.03. The van der Waals surface area contributed by atoms with Crippen LogP contribution in [-0.2, 0) is 6.42 Å². The molecule has 0 spiro atoms. The molecule has 1 aliphatic heterocycles. The number of aryl methyl sites for hydroxylation is 1. The molecule has 2 heterocycles. The molecule has 1 saturated heterocycles. The smallest absolute Gasteiger partial charge is 0.291 e. The van der Waals surface area contributed by atoms with Gasteiger partial charge in [0.25, 0.3) is 11.8 Å². The van der Waals surface area contributed by atoms with E-state index >= 15 is 0 Å². The Hall–Kier alpha value is -3.74. The third-order valence-electron chi connectivity index (χ3n) is 6.70. The number of furan rings is 1. The molecule has 2 amide bonds. The van der Waals surface area contributed by atoms with Crippen LogP contribution in [-0.4, -0.2) is 42.9 Å². The van der Waals surface area contributed by atoms with Crippen molar-refractivity contribution in [3.8, 4) is 11.3 Å². The van der Waals surface area contributed by atoms with Crippen molar-refractivity contribution in [1.29, 1.82) is 0 Å². The second-order valence-electron chi connectivity index (χ2n) is 9.12. The summed E-state index contributed by atoms with van der Waals surface area (Å²) in [6.45, 7) is 4.91. The van der Waals surface area contributed by atoms with E-state index in [4.69, 9.17) is 27.6 Å². The first-order valence-corrected chi connectivity index (χ1v) is 13.3. The molecule has 8 heteroatoms. The van der Waals surface area contributed by atoms with Crippen molar-refractivity contribution < 1.29 is 14.0 Å². The Bertz CT molecular complexity index is 1440.